The third-order valence-electron chi connectivity index (χ3n) is 1.32. The Kier molecular flexibility index (Phi) is 3.02. The molecule has 1 rings (SSSR count). The molecule has 0 aliphatic rings. The first-order valence-electron chi connectivity index (χ1n) is 3.56. The average molecular weight is 163 g/mol. The van der Waals surface area contributed by atoms with Gasteiger partial charge >= 0.3 is 5.97 Å². The van der Waals surface area contributed by atoms with Gasteiger partial charge in [0.05, 0.1) is 6.54 Å². The molecule has 0 spiro atoms. The van der Waals surface area contributed by atoms with Crippen LogP contribution in [0.25, 0.3) is 0 Å². The number of hydrogen-bond donors (Lipinski definition) is 1. The Morgan fingerprint density at radius 1 is 1.42 bits per heavy atom. The molecule has 0 aliphatic heterocycles. The van der Waals surface area contributed by atoms with Crippen LogP contribution < -0.4 is 0 Å². The van der Waals surface area contributed by atoms with Crippen LogP contribution in [-0.2, 0) is 11.3 Å². The second kappa shape index (κ2) is 4.28. The topological polar surface area (TPSA) is 49.7 Å². The molecule has 0 saturated heterocycles. The minimum absolute atomic E-state index is 0.424. The Morgan fingerprint density at radius 3 is 2.67 bits per heavy atom. The normalized spacial score (nSPS) is 10.3. The van der Waals surface area contributed by atoms with E-state index in [4.69, 9.17) is 5.11 Å². The smallest absolute Gasteiger partial charge is 0.346 e. The van der Waals surface area contributed by atoms with Crippen LogP contribution in [0.1, 0.15) is 5.56 Å². The Bertz CT molecular complexity index is 280. The summed E-state index contributed by atoms with van der Waals surface area (Å²) in [7, 11) is 0. The highest BCUT2D eigenvalue weighted by Crippen LogP contribution is 1.98. The standard InChI is InChI=1S/C9H9NO2/c11-9(12)7-10-6-8-4-2-1-3-5-8/h1-5,7H,6H2,(H,11,12)/b10-7-. The summed E-state index contributed by atoms with van der Waals surface area (Å²) in [4.78, 5) is 13.8. The maximum atomic E-state index is 10.0. The van der Waals surface area contributed by atoms with Crippen LogP contribution in [0.3, 0.4) is 0 Å². The van der Waals surface area contributed by atoms with Crippen molar-refractivity contribution in [2.24, 2.45) is 4.99 Å². The first kappa shape index (κ1) is 8.46. The lowest BCUT2D eigenvalue weighted by Gasteiger charge is -1.92. The molecule has 12 heavy (non-hydrogen) atoms. The largest absolute Gasteiger partial charge is 0.477 e. The van der Waals surface area contributed by atoms with Gasteiger partial charge in [0, 0.05) is 0 Å². The van der Waals surface area contributed by atoms with Crippen molar-refractivity contribution in [2.45, 2.75) is 6.54 Å². The maximum Gasteiger partial charge on any atom is 0.346 e. The summed E-state index contributed by atoms with van der Waals surface area (Å²) in [5.41, 5.74) is 1.01. The summed E-state index contributed by atoms with van der Waals surface area (Å²) in [5.74, 6) is -1.01. The van der Waals surface area contributed by atoms with Gasteiger partial charge in [0.2, 0.25) is 0 Å². The molecule has 0 aliphatic carbocycles. The van der Waals surface area contributed by atoms with E-state index in [1.807, 2.05) is 30.3 Å². The van der Waals surface area contributed by atoms with Crippen molar-refractivity contribution in [1.82, 2.24) is 0 Å². The van der Waals surface area contributed by atoms with Crippen LogP contribution in [0.2, 0.25) is 0 Å². The van der Waals surface area contributed by atoms with Crippen molar-refractivity contribution in [1.29, 1.82) is 0 Å². The van der Waals surface area contributed by atoms with Crippen molar-refractivity contribution >= 4 is 12.2 Å². The molecule has 62 valence electrons. The molecule has 3 nitrogen and oxygen atoms in total. The predicted molar refractivity (Wildman–Crippen MR) is 46.3 cm³/mol. The van der Waals surface area contributed by atoms with E-state index in [1.165, 1.54) is 0 Å². The SMILES string of the molecule is O=C(O)/C=N\Cc1ccccc1. The van der Waals surface area contributed by atoms with Crippen LogP contribution in [0.5, 0.6) is 0 Å². The van der Waals surface area contributed by atoms with Gasteiger partial charge in [-0.15, -0.1) is 0 Å². The van der Waals surface area contributed by atoms with Gasteiger partial charge < -0.3 is 5.11 Å². The molecule has 1 aromatic carbocycles. The van der Waals surface area contributed by atoms with E-state index in [2.05, 4.69) is 4.99 Å². The lowest BCUT2D eigenvalue weighted by molar-refractivity contribution is -0.128. The highest BCUT2D eigenvalue weighted by molar-refractivity contribution is 6.21. The fourth-order valence-corrected chi connectivity index (χ4v) is 0.813. The second-order valence-corrected chi connectivity index (χ2v) is 2.29. The molecule has 0 aromatic heterocycles. The van der Waals surface area contributed by atoms with Crippen molar-refractivity contribution in [3.63, 3.8) is 0 Å². The fraction of sp³-hybridized carbons (Fsp3) is 0.111. The van der Waals surface area contributed by atoms with Gasteiger partial charge in [0.15, 0.2) is 0 Å². The third kappa shape index (κ3) is 2.96. The Hall–Kier alpha value is -1.64. The summed E-state index contributed by atoms with van der Waals surface area (Å²) >= 11 is 0. The minimum atomic E-state index is -1.01. The predicted octanol–water partition coefficient (Wildman–Crippen LogP) is 1.34. The van der Waals surface area contributed by atoms with E-state index in [1.54, 1.807) is 0 Å². The highest BCUT2D eigenvalue weighted by Gasteiger charge is 1.88. The van der Waals surface area contributed by atoms with Gasteiger partial charge in [-0.2, -0.15) is 0 Å². The van der Waals surface area contributed by atoms with Crippen molar-refractivity contribution in [3.05, 3.63) is 35.9 Å². The van der Waals surface area contributed by atoms with Crippen molar-refractivity contribution in [3.8, 4) is 0 Å². The van der Waals surface area contributed by atoms with Gasteiger partial charge in [-0.05, 0) is 5.56 Å². The number of carbonyl (C=O) groups is 1. The number of rotatable bonds is 3. The lowest BCUT2D eigenvalue weighted by Crippen LogP contribution is -1.95. The van der Waals surface area contributed by atoms with Gasteiger partial charge in [0.25, 0.3) is 0 Å². The lowest BCUT2D eigenvalue weighted by atomic mass is 10.2. The number of benzene rings is 1. The zero-order chi connectivity index (χ0) is 8.81. The summed E-state index contributed by atoms with van der Waals surface area (Å²) < 4.78 is 0. The number of aliphatic carboxylic acids is 1. The number of hydrogen-bond acceptors (Lipinski definition) is 2. The van der Waals surface area contributed by atoms with E-state index in [9.17, 15) is 4.79 Å². The quantitative estimate of drug-likeness (QED) is 0.683. The van der Waals surface area contributed by atoms with Crippen LogP contribution in [0.15, 0.2) is 35.3 Å². The molecule has 0 radical (unpaired) electrons. The highest BCUT2D eigenvalue weighted by atomic mass is 16.4. The van der Waals surface area contributed by atoms with Crippen LogP contribution in [-0.4, -0.2) is 17.3 Å². The average Bonchev–Trinajstić information content (AvgIpc) is 2.05. The van der Waals surface area contributed by atoms with E-state index >= 15 is 0 Å². The molecule has 0 saturated carbocycles. The number of carboxylic acid groups (broad SMARTS) is 1. The molecule has 0 heterocycles. The van der Waals surface area contributed by atoms with Gasteiger partial charge in [0.1, 0.15) is 6.21 Å². The van der Waals surface area contributed by atoms with E-state index in [-0.39, 0.29) is 0 Å². The molecule has 1 aromatic rings. The molecule has 0 bridgehead atoms. The maximum absolute atomic E-state index is 10.0. The molecular formula is C9H9NO2. The summed E-state index contributed by atoms with van der Waals surface area (Å²) in [6.07, 6.45) is 0.910. The van der Waals surface area contributed by atoms with Gasteiger partial charge in [-0.25, -0.2) is 4.79 Å². The molecular weight excluding hydrogens is 154 g/mol. The van der Waals surface area contributed by atoms with Gasteiger partial charge in [-0.1, -0.05) is 30.3 Å². The fourth-order valence-electron chi connectivity index (χ4n) is 0.813. The summed E-state index contributed by atoms with van der Waals surface area (Å²) in [6.45, 7) is 0.424. The van der Waals surface area contributed by atoms with E-state index in [0.717, 1.165) is 11.8 Å². The monoisotopic (exact) mass is 163 g/mol. The first-order valence-corrected chi connectivity index (χ1v) is 3.56. The molecule has 1 N–H and O–H groups in total. The Labute approximate surface area is 70.4 Å². The second-order valence-electron chi connectivity index (χ2n) is 2.29. The van der Waals surface area contributed by atoms with Crippen molar-refractivity contribution in [2.75, 3.05) is 0 Å². The van der Waals surface area contributed by atoms with Gasteiger partial charge in [-0.3, -0.25) is 4.99 Å². The van der Waals surface area contributed by atoms with E-state index < -0.39 is 5.97 Å². The minimum Gasteiger partial charge on any atom is -0.477 e. The van der Waals surface area contributed by atoms with Crippen LogP contribution >= 0.6 is 0 Å². The number of aliphatic imine (C=N–C) groups is 1. The van der Waals surface area contributed by atoms with Crippen LogP contribution in [0.4, 0.5) is 0 Å². The zero-order valence-electron chi connectivity index (χ0n) is 6.47. The first-order chi connectivity index (χ1) is 5.79. The van der Waals surface area contributed by atoms with Crippen LogP contribution in [0, 0.1) is 0 Å². The Morgan fingerprint density at radius 2 is 2.08 bits per heavy atom. The third-order valence-corrected chi connectivity index (χ3v) is 1.32. The Balaban J connectivity index is 2.49. The van der Waals surface area contributed by atoms with Crippen molar-refractivity contribution < 1.29 is 9.90 Å². The number of carboxylic acids is 1. The molecule has 0 atom stereocenters. The molecule has 0 unspecified atom stereocenters. The molecule has 0 amide bonds. The summed E-state index contributed by atoms with van der Waals surface area (Å²) in [5, 5.41) is 8.24. The number of nitrogens with zero attached hydrogens (tertiary/aromatic N) is 1. The molecule has 0 fully saturated rings. The summed E-state index contributed by atoms with van der Waals surface area (Å²) in [6, 6.07) is 9.50. The van der Waals surface area contributed by atoms with E-state index in [0.29, 0.717) is 6.54 Å². The molecule has 3 heteroatoms. The zero-order valence-corrected chi connectivity index (χ0v) is 6.47.